The van der Waals surface area contributed by atoms with Gasteiger partial charge in [0.2, 0.25) is 5.13 Å². The molecule has 1 heterocycles. The van der Waals surface area contributed by atoms with Gasteiger partial charge in [-0.2, -0.15) is 0 Å². The fourth-order valence-corrected chi connectivity index (χ4v) is 2.71. The number of rotatable bonds is 4. The third kappa shape index (κ3) is 1.75. The molecule has 4 heteroatoms. The number of hydrogen-bond donors (Lipinski definition) is 1. The Hall–Kier alpha value is -0.640. The van der Waals surface area contributed by atoms with Crippen molar-refractivity contribution in [2.24, 2.45) is 5.92 Å². The SMILES string of the molecule is CC(Nc1nnc(C2CC2)s1)C1CC1. The van der Waals surface area contributed by atoms with E-state index in [4.69, 9.17) is 0 Å². The van der Waals surface area contributed by atoms with Gasteiger partial charge in [0.15, 0.2) is 0 Å². The maximum atomic E-state index is 4.22. The molecule has 1 atom stereocenters. The second-order valence-electron chi connectivity index (χ2n) is 4.49. The maximum absolute atomic E-state index is 4.22. The topological polar surface area (TPSA) is 37.8 Å². The average Bonchev–Trinajstić information content (AvgIpc) is 3.06. The van der Waals surface area contributed by atoms with Crippen LogP contribution in [0.4, 0.5) is 5.13 Å². The Morgan fingerprint density at radius 3 is 2.71 bits per heavy atom. The Balaban J connectivity index is 1.63. The first-order valence-corrected chi connectivity index (χ1v) is 6.24. The molecule has 76 valence electrons. The highest BCUT2D eigenvalue weighted by Crippen LogP contribution is 2.42. The predicted octanol–water partition coefficient (Wildman–Crippen LogP) is 2.63. The maximum Gasteiger partial charge on any atom is 0.205 e. The number of anilines is 1. The lowest BCUT2D eigenvalue weighted by Gasteiger charge is -2.09. The minimum absolute atomic E-state index is 0.579. The van der Waals surface area contributed by atoms with Crippen LogP contribution in [0.5, 0.6) is 0 Å². The van der Waals surface area contributed by atoms with Crippen molar-refractivity contribution in [1.29, 1.82) is 0 Å². The van der Waals surface area contributed by atoms with Gasteiger partial charge in [-0.15, -0.1) is 10.2 Å². The molecule has 1 aromatic heterocycles. The van der Waals surface area contributed by atoms with Crippen LogP contribution >= 0.6 is 11.3 Å². The largest absolute Gasteiger partial charge is 0.357 e. The highest BCUT2D eigenvalue weighted by Gasteiger charge is 2.30. The molecule has 3 rings (SSSR count). The highest BCUT2D eigenvalue weighted by atomic mass is 32.1. The summed E-state index contributed by atoms with van der Waals surface area (Å²) < 4.78 is 0. The molecule has 1 aromatic rings. The van der Waals surface area contributed by atoms with Gasteiger partial charge in [-0.1, -0.05) is 11.3 Å². The van der Waals surface area contributed by atoms with E-state index < -0.39 is 0 Å². The molecular weight excluding hydrogens is 194 g/mol. The summed E-state index contributed by atoms with van der Waals surface area (Å²) in [5.41, 5.74) is 0. The van der Waals surface area contributed by atoms with E-state index in [1.165, 1.54) is 30.7 Å². The molecule has 0 radical (unpaired) electrons. The molecule has 1 N–H and O–H groups in total. The zero-order chi connectivity index (χ0) is 9.54. The zero-order valence-electron chi connectivity index (χ0n) is 8.36. The minimum atomic E-state index is 0.579. The molecule has 2 saturated carbocycles. The van der Waals surface area contributed by atoms with Crippen LogP contribution in [0.1, 0.15) is 43.5 Å². The third-order valence-corrected chi connectivity index (χ3v) is 4.06. The quantitative estimate of drug-likeness (QED) is 0.828. The lowest BCUT2D eigenvalue weighted by molar-refractivity contribution is 0.691. The molecule has 2 aliphatic carbocycles. The van der Waals surface area contributed by atoms with Gasteiger partial charge in [0, 0.05) is 12.0 Å². The van der Waals surface area contributed by atoms with Crippen molar-refractivity contribution in [3.8, 4) is 0 Å². The van der Waals surface area contributed by atoms with Crippen LogP contribution in [0.3, 0.4) is 0 Å². The van der Waals surface area contributed by atoms with E-state index in [1.54, 1.807) is 11.3 Å². The Labute approximate surface area is 87.9 Å². The van der Waals surface area contributed by atoms with Gasteiger partial charge < -0.3 is 5.32 Å². The number of nitrogens with one attached hydrogen (secondary N) is 1. The lowest BCUT2D eigenvalue weighted by atomic mass is 10.2. The van der Waals surface area contributed by atoms with E-state index in [0.717, 1.165) is 17.0 Å². The summed E-state index contributed by atoms with van der Waals surface area (Å²) in [6.07, 6.45) is 5.38. The normalized spacial score (nSPS) is 23.5. The summed E-state index contributed by atoms with van der Waals surface area (Å²) in [5, 5.41) is 14.1. The van der Waals surface area contributed by atoms with Crippen molar-refractivity contribution in [2.45, 2.75) is 44.6 Å². The molecule has 1 unspecified atom stereocenters. The first kappa shape index (κ1) is 8.65. The van der Waals surface area contributed by atoms with Gasteiger partial charge in [-0.3, -0.25) is 0 Å². The monoisotopic (exact) mass is 209 g/mol. The first-order chi connectivity index (χ1) is 6.83. The molecule has 14 heavy (non-hydrogen) atoms. The summed E-state index contributed by atoms with van der Waals surface area (Å²) >= 11 is 1.74. The zero-order valence-corrected chi connectivity index (χ0v) is 9.18. The summed E-state index contributed by atoms with van der Waals surface area (Å²) in [7, 11) is 0. The van der Waals surface area contributed by atoms with Crippen molar-refractivity contribution in [2.75, 3.05) is 5.32 Å². The highest BCUT2D eigenvalue weighted by molar-refractivity contribution is 7.15. The Morgan fingerprint density at radius 2 is 2.07 bits per heavy atom. The van der Waals surface area contributed by atoms with Crippen molar-refractivity contribution >= 4 is 16.5 Å². The van der Waals surface area contributed by atoms with Gasteiger partial charge in [0.25, 0.3) is 0 Å². The number of hydrogen-bond acceptors (Lipinski definition) is 4. The van der Waals surface area contributed by atoms with Gasteiger partial charge in [-0.05, 0) is 38.5 Å². The van der Waals surface area contributed by atoms with Crippen molar-refractivity contribution in [1.82, 2.24) is 10.2 Å². The molecule has 0 saturated heterocycles. The van der Waals surface area contributed by atoms with Gasteiger partial charge in [0.05, 0.1) is 0 Å². The third-order valence-electron chi connectivity index (χ3n) is 3.05. The van der Waals surface area contributed by atoms with Gasteiger partial charge in [-0.25, -0.2) is 0 Å². The molecule has 3 nitrogen and oxygen atoms in total. The molecule has 0 amide bonds. The summed E-state index contributed by atoms with van der Waals surface area (Å²) in [6.45, 7) is 2.25. The van der Waals surface area contributed by atoms with Gasteiger partial charge in [0.1, 0.15) is 5.01 Å². The van der Waals surface area contributed by atoms with E-state index in [-0.39, 0.29) is 0 Å². The molecule has 2 aliphatic rings. The Morgan fingerprint density at radius 1 is 1.29 bits per heavy atom. The fraction of sp³-hybridized carbons (Fsp3) is 0.800. The van der Waals surface area contributed by atoms with Crippen LogP contribution in [0.25, 0.3) is 0 Å². The minimum Gasteiger partial charge on any atom is -0.357 e. The first-order valence-electron chi connectivity index (χ1n) is 5.43. The van der Waals surface area contributed by atoms with E-state index in [9.17, 15) is 0 Å². The summed E-state index contributed by atoms with van der Waals surface area (Å²) in [6, 6.07) is 0.579. The summed E-state index contributed by atoms with van der Waals surface area (Å²) in [4.78, 5) is 0. The van der Waals surface area contributed by atoms with Crippen LogP contribution in [0, 0.1) is 5.92 Å². The lowest BCUT2D eigenvalue weighted by Crippen LogP contribution is -2.16. The molecule has 0 bridgehead atoms. The van der Waals surface area contributed by atoms with Crippen molar-refractivity contribution in [3.05, 3.63) is 5.01 Å². The predicted molar refractivity (Wildman–Crippen MR) is 57.7 cm³/mol. The molecule has 2 fully saturated rings. The Kier molecular flexibility index (Phi) is 1.97. The van der Waals surface area contributed by atoms with E-state index in [2.05, 4.69) is 22.4 Å². The average molecular weight is 209 g/mol. The summed E-state index contributed by atoms with van der Waals surface area (Å²) in [5.74, 6) is 1.61. The number of nitrogens with zero attached hydrogens (tertiary/aromatic N) is 2. The fourth-order valence-electron chi connectivity index (χ4n) is 1.70. The molecule has 0 aromatic carbocycles. The second-order valence-corrected chi connectivity index (χ2v) is 5.50. The van der Waals surface area contributed by atoms with Crippen molar-refractivity contribution in [3.63, 3.8) is 0 Å². The van der Waals surface area contributed by atoms with Crippen molar-refractivity contribution < 1.29 is 0 Å². The van der Waals surface area contributed by atoms with E-state index >= 15 is 0 Å². The second kappa shape index (κ2) is 3.19. The smallest absolute Gasteiger partial charge is 0.205 e. The van der Waals surface area contributed by atoms with Crippen LogP contribution in [-0.4, -0.2) is 16.2 Å². The molecule has 0 aliphatic heterocycles. The van der Waals surface area contributed by atoms with Crippen LogP contribution < -0.4 is 5.32 Å². The number of aromatic nitrogens is 2. The van der Waals surface area contributed by atoms with E-state index in [1.807, 2.05) is 0 Å². The van der Waals surface area contributed by atoms with E-state index in [0.29, 0.717) is 6.04 Å². The Bertz CT molecular complexity index is 328. The molecular formula is C10H15N3S. The standard InChI is InChI=1S/C10H15N3S/c1-6(7-2-3-7)11-10-13-12-9(14-10)8-4-5-8/h6-8H,2-5H2,1H3,(H,11,13). The molecule has 0 spiro atoms. The van der Waals surface area contributed by atoms with Gasteiger partial charge >= 0.3 is 0 Å². The van der Waals surface area contributed by atoms with Crippen LogP contribution in [0.15, 0.2) is 0 Å². The van der Waals surface area contributed by atoms with Crippen LogP contribution in [-0.2, 0) is 0 Å². The van der Waals surface area contributed by atoms with Crippen LogP contribution in [0.2, 0.25) is 0 Å².